The number of alkyl halides is 2. The van der Waals surface area contributed by atoms with Gasteiger partial charge in [-0.05, 0) is 0 Å². The zero-order valence-corrected chi connectivity index (χ0v) is 7.43. The van der Waals surface area contributed by atoms with Crippen LogP contribution in [0, 0.1) is 29.1 Å². The number of nitrogens with one attached hydrogen (secondary N) is 1. The van der Waals surface area contributed by atoms with Gasteiger partial charge in [-0.2, -0.15) is 0 Å². The highest BCUT2D eigenvalue weighted by atomic mass is 19.3. The standard InChI is InChI=1S/C8H4F7N/c9-2(10)1-16-8-6(14)4(12)3(11)5(13)7(8)15/h2,16H,1H2. The molecular formula is C8H4F7N. The number of benzene rings is 1. The van der Waals surface area contributed by atoms with E-state index in [9.17, 15) is 30.7 Å². The Morgan fingerprint density at radius 1 is 0.750 bits per heavy atom. The van der Waals surface area contributed by atoms with Gasteiger partial charge in [-0.15, -0.1) is 0 Å². The van der Waals surface area contributed by atoms with Crippen molar-refractivity contribution < 1.29 is 30.7 Å². The SMILES string of the molecule is Fc1c(F)c(F)c(NCC(F)F)c(F)c1F. The van der Waals surface area contributed by atoms with E-state index in [1.54, 1.807) is 0 Å². The van der Waals surface area contributed by atoms with Crippen LogP contribution in [0.5, 0.6) is 0 Å². The maximum atomic E-state index is 12.8. The van der Waals surface area contributed by atoms with Crippen molar-refractivity contribution in [1.82, 2.24) is 0 Å². The molecule has 0 spiro atoms. The lowest BCUT2D eigenvalue weighted by molar-refractivity contribution is 0.163. The van der Waals surface area contributed by atoms with Gasteiger partial charge in [0.05, 0.1) is 6.54 Å². The summed E-state index contributed by atoms with van der Waals surface area (Å²) >= 11 is 0. The van der Waals surface area contributed by atoms with Crippen LogP contribution in [0.3, 0.4) is 0 Å². The van der Waals surface area contributed by atoms with Gasteiger partial charge < -0.3 is 5.32 Å². The van der Waals surface area contributed by atoms with E-state index in [4.69, 9.17) is 0 Å². The van der Waals surface area contributed by atoms with Gasteiger partial charge in [0.15, 0.2) is 23.3 Å². The van der Waals surface area contributed by atoms with Gasteiger partial charge in [0.2, 0.25) is 5.82 Å². The second kappa shape index (κ2) is 4.58. The molecule has 0 aliphatic carbocycles. The third-order valence-electron chi connectivity index (χ3n) is 1.64. The lowest BCUT2D eigenvalue weighted by Crippen LogP contribution is -2.15. The van der Waals surface area contributed by atoms with Gasteiger partial charge in [0.25, 0.3) is 6.43 Å². The highest BCUT2D eigenvalue weighted by Crippen LogP contribution is 2.27. The lowest BCUT2D eigenvalue weighted by Gasteiger charge is -2.09. The first-order valence-corrected chi connectivity index (χ1v) is 3.89. The molecule has 0 amide bonds. The summed E-state index contributed by atoms with van der Waals surface area (Å²) in [5.41, 5.74) is -1.46. The summed E-state index contributed by atoms with van der Waals surface area (Å²) in [4.78, 5) is 0. The number of anilines is 1. The fourth-order valence-corrected chi connectivity index (χ4v) is 0.939. The molecule has 8 heteroatoms. The predicted molar refractivity (Wildman–Crippen MR) is 40.7 cm³/mol. The lowest BCUT2D eigenvalue weighted by atomic mass is 10.2. The van der Waals surface area contributed by atoms with Gasteiger partial charge in [0.1, 0.15) is 5.69 Å². The first-order chi connectivity index (χ1) is 7.36. The molecular weight excluding hydrogens is 243 g/mol. The molecule has 90 valence electrons. The minimum Gasteiger partial charge on any atom is -0.374 e. The van der Waals surface area contributed by atoms with Crippen molar-refractivity contribution in [1.29, 1.82) is 0 Å². The molecule has 0 bridgehead atoms. The normalized spacial score (nSPS) is 11.0. The monoisotopic (exact) mass is 247 g/mol. The maximum absolute atomic E-state index is 12.8. The van der Waals surface area contributed by atoms with Crippen LogP contribution < -0.4 is 5.32 Å². The van der Waals surface area contributed by atoms with Crippen LogP contribution in [0.1, 0.15) is 0 Å². The first-order valence-electron chi connectivity index (χ1n) is 3.89. The molecule has 0 atom stereocenters. The molecule has 0 aliphatic heterocycles. The minimum absolute atomic E-state index is 1.22. The number of rotatable bonds is 3. The van der Waals surface area contributed by atoms with E-state index < -0.39 is 47.7 Å². The molecule has 0 unspecified atom stereocenters. The largest absolute Gasteiger partial charge is 0.374 e. The molecule has 1 rings (SSSR count). The van der Waals surface area contributed by atoms with Crippen molar-refractivity contribution in [3.8, 4) is 0 Å². The van der Waals surface area contributed by atoms with Crippen molar-refractivity contribution in [2.75, 3.05) is 11.9 Å². The third-order valence-corrected chi connectivity index (χ3v) is 1.64. The quantitative estimate of drug-likeness (QED) is 0.491. The molecule has 0 aromatic heterocycles. The topological polar surface area (TPSA) is 12.0 Å². The van der Waals surface area contributed by atoms with Gasteiger partial charge in [-0.1, -0.05) is 0 Å². The molecule has 1 aromatic carbocycles. The number of hydrogen-bond donors (Lipinski definition) is 1. The van der Waals surface area contributed by atoms with E-state index in [0.717, 1.165) is 0 Å². The van der Waals surface area contributed by atoms with Crippen LogP contribution >= 0.6 is 0 Å². The van der Waals surface area contributed by atoms with Crippen LogP contribution in [0.25, 0.3) is 0 Å². The van der Waals surface area contributed by atoms with Crippen LogP contribution in [-0.2, 0) is 0 Å². The Bertz CT molecular complexity index is 375. The molecule has 1 aromatic rings. The van der Waals surface area contributed by atoms with Crippen molar-refractivity contribution in [2.45, 2.75) is 6.43 Å². The highest BCUT2D eigenvalue weighted by molar-refractivity contribution is 5.47. The van der Waals surface area contributed by atoms with Crippen LogP contribution in [-0.4, -0.2) is 13.0 Å². The van der Waals surface area contributed by atoms with E-state index >= 15 is 0 Å². The maximum Gasteiger partial charge on any atom is 0.255 e. The Balaban J connectivity index is 3.18. The van der Waals surface area contributed by atoms with Gasteiger partial charge >= 0.3 is 0 Å². The molecule has 0 saturated carbocycles. The summed E-state index contributed by atoms with van der Waals surface area (Å²) in [6.45, 7) is -1.22. The molecule has 16 heavy (non-hydrogen) atoms. The molecule has 0 aliphatic rings. The molecule has 0 fully saturated rings. The van der Waals surface area contributed by atoms with Crippen molar-refractivity contribution in [3.63, 3.8) is 0 Å². The Kier molecular flexibility index (Phi) is 3.61. The third kappa shape index (κ3) is 2.20. The highest BCUT2D eigenvalue weighted by Gasteiger charge is 2.25. The zero-order chi connectivity index (χ0) is 12.5. The molecule has 1 N–H and O–H groups in total. The summed E-state index contributed by atoms with van der Waals surface area (Å²) in [7, 11) is 0. The second-order valence-electron chi connectivity index (χ2n) is 2.72. The first kappa shape index (κ1) is 12.6. The van der Waals surface area contributed by atoms with Crippen molar-refractivity contribution >= 4 is 5.69 Å². The Morgan fingerprint density at radius 2 is 1.12 bits per heavy atom. The van der Waals surface area contributed by atoms with E-state index in [0.29, 0.717) is 0 Å². The Hall–Kier alpha value is -1.47. The fraction of sp³-hybridized carbons (Fsp3) is 0.250. The minimum atomic E-state index is -2.99. The average molecular weight is 247 g/mol. The van der Waals surface area contributed by atoms with Gasteiger partial charge in [0, 0.05) is 0 Å². The van der Waals surface area contributed by atoms with Gasteiger partial charge in [-0.25, -0.2) is 30.7 Å². The van der Waals surface area contributed by atoms with Gasteiger partial charge in [-0.3, -0.25) is 0 Å². The Morgan fingerprint density at radius 3 is 1.50 bits per heavy atom. The predicted octanol–water partition coefficient (Wildman–Crippen LogP) is 3.06. The van der Waals surface area contributed by atoms with Crippen molar-refractivity contribution in [2.24, 2.45) is 0 Å². The average Bonchev–Trinajstić information content (AvgIpc) is 2.23. The summed E-state index contributed by atoms with van der Waals surface area (Å²) in [6, 6.07) is 0. The molecule has 0 saturated heterocycles. The van der Waals surface area contributed by atoms with Crippen LogP contribution in [0.2, 0.25) is 0 Å². The van der Waals surface area contributed by atoms with Crippen molar-refractivity contribution in [3.05, 3.63) is 29.1 Å². The zero-order valence-electron chi connectivity index (χ0n) is 7.43. The summed E-state index contributed by atoms with van der Waals surface area (Å²) in [5.74, 6) is -11.0. The second-order valence-corrected chi connectivity index (χ2v) is 2.72. The molecule has 1 nitrogen and oxygen atoms in total. The summed E-state index contributed by atoms with van der Waals surface area (Å²) < 4.78 is 86.6. The summed E-state index contributed by atoms with van der Waals surface area (Å²) in [5, 5.41) is 1.44. The molecule has 0 heterocycles. The molecule has 0 radical (unpaired) electrons. The van der Waals surface area contributed by atoms with E-state index in [-0.39, 0.29) is 0 Å². The number of hydrogen-bond acceptors (Lipinski definition) is 1. The van der Waals surface area contributed by atoms with E-state index in [2.05, 4.69) is 0 Å². The summed E-state index contributed by atoms with van der Waals surface area (Å²) in [6.07, 6.45) is -2.99. The van der Waals surface area contributed by atoms with E-state index in [1.807, 2.05) is 0 Å². The van der Waals surface area contributed by atoms with Crippen LogP contribution in [0.15, 0.2) is 0 Å². The number of halogens is 7. The van der Waals surface area contributed by atoms with Crippen LogP contribution in [0.4, 0.5) is 36.4 Å². The fourth-order valence-electron chi connectivity index (χ4n) is 0.939. The Labute approximate surface area is 84.9 Å². The smallest absolute Gasteiger partial charge is 0.255 e. The van der Waals surface area contributed by atoms with E-state index in [1.165, 1.54) is 5.32 Å².